The first kappa shape index (κ1) is 8.31. The van der Waals surface area contributed by atoms with Crippen molar-refractivity contribution < 1.29 is 5.11 Å². The first-order chi connectivity index (χ1) is 5.29. The molecule has 0 aliphatic heterocycles. The number of hydrogen-bond donors (Lipinski definition) is 1. The fraction of sp³-hybridized carbons (Fsp3) is 0. The molecule has 2 heteroatoms. The summed E-state index contributed by atoms with van der Waals surface area (Å²) < 4.78 is 0. The molecule has 0 aliphatic carbocycles. The van der Waals surface area contributed by atoms with Crippen LogP contribution in [0.2, 0.25) is 5.02 Å². The van der Waals surface area contributed by atoms with Crippen LogP contribution in [0.5, 0.6) is 0 Å². The molecule has 57 valence electrons. The highest BCUT2D eigenvalue weighted by Gasteiger charge is 2.01. The van der Waals surface area contributed by atoms with Crippen LogP contribution in [0.15, 0.2) is 24.8 Å². The zero-order chi connectivity index (χ0) is 8.27. The third kappa shape index (κ3) is 1.62. The van der Waals surface area contributed by atoms with E-state index in [1.54, 1.807) is 24.3 Å². The van der Waals surface area contributed by atoms with Crippen molar-refractivity contribution in [3.05, 3.63) is 47.5 Å². The predicted molar refractivity (Wildman–Crippen MR) is 46.9 cm³/mol. The average molecular weight is 168 g/mol. The molecule has 1 aromatic carbocycles. The number of rotatable bonds is 2. The van der Waals surface area contributed by atoms with Gasteiger partial charge in [0, 0.05) is 5.02 Å². The van der Waals surface area contributed by atoms with Crippen molar-refractivity contribution in [3.8, 4) is 0 Å². The number of aliphatic hydroxyl groups is 1. The summed E-state index contributed by atoms with van der Waals surface area (Å²) in [5.74, 6) is 0. The Morgan fingerprint density at radius 1 is 1.45 bits per heavy atom. The van der Waals surface area contributed by atoms with Crippen LogP contribution in [0.1, 0.15) is 11.1 Å². The van der Waals surface area contributed by atoms with Gasteiger partial charge in [0.05, 0.1) is 0 Å². The van der Waals surface area contributed by atoms with Gasteiger partial charge in [0.15, 0.2) is 0 Å². The maximum absolute atomic E-state index is 8.74. The molecule has 0 spiro atoms. The number of aliphatic hydroxyl groups excluding tert-OH is 1. The molecule has 0 saturated carbocycles. The topological polar surface area (TPSA) is 20.2 Å². The predicted octanol–water partition coefficient (Wildman–Crippen LogP) is 2.87. The summed E-state index contributed by atoms with van der Waals surface area (Å²) in [6.45, 7) is 4.60. The van der Waals surface area contributed by atoms with E-state index in [9.17, 15) is 0 Å². The van der Waals surface area contributed by atoms with Gasteiger partial charge < -0.3 is 5.11 Å². The molecule has 0 atom stereocenters. The largest absolute Gasteiger partial charge is 0.385 e. The summed E-state index contributed by atoms with van der Waals surface area (Å²) in [6.07, 6.45) is 1.62. The molecule has 0 bridgehead atoms. The van der Waals surface area contributed by atoms with Gasteiger partial charge in [-0.3, -0.25) is 0 Å². The van der Waals surface area contributed by atoms with Crippen molar-refractivity contribution in [1.82, 2.24) is 0 Å². The fourth-order valence-electron chi connectivity index (χ4n) is 0.882. The van der Waals surface area contributed by atoms with Crippen LogP contribution in [0.25, 0.3) is 6.08 Å². The van der Waals surface area contributed by atoms with Crippen LogP contribution in [-0.2, 0) is 0 Å². The standard InChI is InChI=1S/C9H8ClO/c1-2-8-7(6-11)4-3-5-9(8)10/h2-6,11H,1H2. The molecule has 1 N–H and O–H groups in total. The Labute approximate surface area is 70.9 Å². The lowest BCUT2D eigenvalue weighted by atomic mass is 10.1. The van der Waals surface area contributed by atoms with Crippen molar-refractivity contribution in [2.24, 2.45) is 0 Å². The molecule has 1 radical (unpaired) electrons. The van der Waals surface area contributed by atoms with Gasteiger partial charge in [-0.15, -0.1) is 0 Å². The normalized spacial score (nSPS) is 9.64. The Balaban J connectivity index is 3.24. The Bertz CT molecular complexity index is 268. The van der Waals surface area contributed by atoms with E-state index in [1.807, 2.05) is 0 Å². The number of hydrogen-bond acceptors (Lipinski definition) is 1. The van der Waals surface area contributed by atoms with E-state index in [4.69, 9.17) is 16.7 Å². The first-order valence-electron chi connectivity index (χ1n) is 3.18. The number of halogens is 1. The minimum Gasteiger partial charge on any atom is -0.385 e. The lowest BCUT2D eigenvalue weighted by molar-refractivity contribution is 0.414. The van der Waals surface area contributed by atoms with Crippen molar-refractivity contribution in [2.75, 3.05) is 0 Å². The van der Waals surface area contributed by atoms with E-state index in [2.05, 4.69) is 6.58 Å². The summed E-state index contributed by atoms with van der Waals surface area (Å²) >= 11 is 5.81. The minimum atomic E-state index is 0.600. The highest BCUT2D eigenvalue weighted by atomic mass is 35.5. The van der Waals surface area contributed by atoms with Crippen molar-refractivity contribution in [3.63, 3.8) is 0 Å². The van der Waals surface area contributed by atoms with Gasteiger partial charge in [-0.05, 0) is 17.2 Å². The van der Waals surface area contributed by atoms with Crippen LogP contribution in [0, 0.1) is 6.61 Å². The molecule has 0 saturated heterocycles. The van der Waals surface area contributed by atoms with Crippen molar-refractivity contribution >= 4 is 17.7 Å². The van der Waals surface area contributed by atoms with E-state index >= 15 is 0 Å². The summed E-state index contributed by atoms with van der Waals surface area (Å²) in [4.78, 5) is 0. The van der Waals surface area contributed by atoms with Gasteiger partial charge in [0.2, 0.25) is 0 Å². The average Bonchev–Trinajstić information content (AvgIpc) is 2.04. The molecular weight excluding hydrogens is 160 g/mol. The third-order valence-corrected chi connectivity index (χ3v) is 1.76. The molecule has 0 amide bonds. The van der Waals surface area contributed by atoms with E-state index < -0.39 is 0 Å². The van der Waals surface area contributed by atoms with Crippen molar-refractivity contribution in [1.29, 1.82) is 0 Å². The molecule has 0 unspecified atom stereocenters. The number of benzene rings is 1. The Kier molecular flexibility index (Phi) is 2.69. The van der Waals surface area contributed by atoms with Crippen LogP contribution in [-0.4, -0.2) is 5.11 Å². The quantitative estimate of drug-likeness (QED) is 0.718. The van der Waals surface area contributed by atoms with Crippen LogP contribution in [0.4, 0.5) is 0 Å². The Morgan fingerprint density at radius 3 is 2.64 bits per heavy atom. The van der Waals surface area contributed by atoms with Gasteiger partial charge in [0.25, 0.3) is 0 Å². The molecule has 1 aromatic rings. The SMILES string of the molecule is C=Cc1c(Cl)cccc1[CH]O. The monoisotopic (exact) mass is 167 g/mol. The zero-order valence-electron chi connectivity index (χ0n) is 5.92. The zero-order valence-corrected chi connectivity index (χ0v) is 6.67. The Hall–Kier alpha value is -0.790. The van der Waals surface area contributed by atoms with Gasteiger partial charge in [-0.2, -0.15) is 0 Å². The lowest BCUT2D eigenvalue weighted by Gasteiger charge is -2.02. The van der Waals surface area contributed by atoms with Crippen LogP contribution < -0.4 is 0 Å². The molecule has 0 aromatic heterocycles. The van der Waals surface area contributed by atoms with Gasteiger partial charge in [-0.25, -0.2) is 0 Å². The van der Waals surface area contributed by atoms with E-state index in [1.165, 1.54) is 0 Å². The van der Waals surface area contributed by atoms with Crippen LogP contribution >= 0.6 is 11.6 Å². The second-order valence-electron chi connectivity index (χ2n) is 2.08. The lowest BCUT2D eigenvalue weighted by Crippen LogP contribution is -1.85. The highest BCUT2D eigenvalue weighted by Crippen LogP contribution is 2.21. The second kappa shape index (κ2) is 3.56. The molecular formula is C9H8ClO. The molecule has 0 aliphatic rings. The molecule has 1 rings (SSSR count). The third-order valence-electron chi connectivity index (χ3n) is 1.43. The van der Waals surface area contributed by atoms with Crippen molar-refractivity contribution in [2.45, 2.75) is 0 Å². The van der Waals surface area contributed by atoms with Gasteiger partial charge in [-0.1, -0.05) is 36.4 Å². The Morgan fingerprint density at radius 2 is 2.18 bits per heavy atom. The molecule has 0 heterocycles. The van der Waals surface area contributed by atoms with E-state index in [0.29, 0.717) is 10.6 Å². The molecule has 1 nitrogen and oxygen atoms in total. The maximum atomic E-state index is 8.74. The van der Waals surface area contributed by atoms with Gasteiger partial charge >= 0.3 is 0 Å². The fourth-order valence-corrected chi connectivity index (χ4v) is 1.14. The summed E-state index contributed by atoms with van der Waals surface area (Å²) in [5, 5.41) is 9.34. The van der Waals surface area contributed by atoms with Gasteiger partial charge in [0.1, 0.15) is 6.61 Å². The first-order valence-corrected chi connectivity index (χ1v) is 3.55. The minimum absolute atomic E-state index is 0.600. The second-order valence-corrected chi connectivity index (χ2v) is 2.48. The van der Waals surface area contributed by atoms with E-state index in [0.717, 1.165) is 12.2 Å². The van der Waals surface area contributed by atoms with E-state index in [-0.39, 0.29) is 0 Å². The molecule has 11 heavy (non-hydrogen) atoms. The summed E-state index contributed by atoms with van der Waals surface area (Å²) in [6, 6.07) is 5.30. The summed E-state index contributed by atoms with van der Waals surface area (Å²) in [5.41, 5.74) is 1.45. The smallest absolute Gasteiger partial charge is 0.110 e. The summed E-state index contributed by atoms with van der Waals surface area (Å²) in [7, 11) is 0. The maximum Gasteiger partial charge on any atom is 0.110 e. The highest BCUT2D eigenvalue weighted by molar-refractivity contribution is 6.32. The molecule has 0 fully saturated rings. The van der Waals surface area contributed by atoms with Crippen LogP contribution in [0.3, 0.4) is 0 Å².